The number of anilines is 6. The first-order valence-corrected chi connectivity index (χ1v) is 22.2. The van der Waals surface area contributed by atoms with Crippen LogP contribution in [0.15, 0.2) is 182 Å². The van der Waals surface area contributed by atoms with Gasteiger partial charge in [0.05, 0.1) is 5.69 Å². The number of hydrogen-bond donors (Lipinski definition) is 0. The van der Waals surface area contributed by atoms with Gasteiger partial charge in [0.25, 0.3) is 0 Å². The first kappa shape index (κ1) is 40.7. The summed E-state index contributed by atoms with van der Waals surface area (Å²) in [6.45, 7) is 16.5. The van der Waals surface area contributed by atoms with Crippen molar-refractivity contribution in [3.05, 3.63) is 193 Å². The monoisotopic (exact) mass is 784 g/mol. The maximum Gasteiger partial charge on any atom is 0.0540 e. The van der Waals surface area contributed by atoms with Gasteiger partial charge in [-0.15, -0.1) is 0 Å². The molecule has 0 aliphatic carbocycles. The van der Waals surface area contributed by atoms with Crippen molar-refractivity contribution < 1.29 is 0 Å². The van der Waals surface area contributed by atoms with E-state index in [2.05, 4.69) is 240 Å². The summed E-state index contributed by atoms with van der Waals surface area (Å²) in [7, 11) is 0. The maximum atomic E-state index is 2.45. The van der Waals surface area contributed by atoms with Crippen LogP contribution in [0.4, 0.5) is 34.1 Å². The van der Waals surface area contributed by atoms with Crippen LogP contribution in [0.3, 0.4) is 0 Å². The molecule has 0 saturated heterocycles. The number of rotatable bonds is 14. The molecule has 2 atom stereocenters. The van der Waals surface area contributed by atoms with Gasteiger partial charge in [-0.1, -0.05) is 170 Å². The van der Waals surface area contributed by atoms with Crippen molar-refractivity contribution >= 4 is 55.7 Å². The average molecular weight is 785 g/mol. The van der Waals surface area contributed by atoms with Crippen molar-refractivity contribution in [3.8, 4) is 11.1 Å². The molecule has 60 heavy (non-hydrogen) atoms. The summed E-state index contributed by atoms with van der Waals surface area (Å²) in [6, 6.07) is 67.5. The van der Waals surface area contributed by atoms with Gasteiger partial charge in [-0.25, -0.2) is 0 Å². The lowest BCUT2D eigenvalue weighted by Crippen LogP contribution is -2.35. The first-order chi connectivity index (χ1) is 29.2. The molecule has 0 aromatic heterocycles. The molecule has 2 nitrogen and oxygen atoms in total. The quantitative estimate of drug-likeness (QED) is 0.108. The van der Waals surface area contributed by atoms with Crippen LogP contribution in [-0.4, -0.2) is 0 Å². The largest absolute Gasteiger partial charge is 0.310 e. The highest BCUT2D eigenvalue weighted by molar-refractivity contribution is 5.99. The molecule has 8 aromatic carbocycles. The molecule has 2 unspecified atom stereocenters. The predicted octanol–water partition coefficient (Wildman–Crippen LogP) is 17.5. The van der Waals surface area contributed by atoms with Crippen LogP contribution in [0, 0.1) is 11.8 Å². The minimum absolute atomic E-state index is 0.0963. The molecule has 0 amide bonds. The Morgan fingerprint density at radius 2 is 0.967 bits per heavy atom. The fourth-order valence-electron chi connectivity index (χ4n) is 9.45. The summed E-state index contributed by atoms with van der Waals surface area (Å²) in [5.41, 5.74) is 12.2. The molecule has 0 bridgehead atoms. The molecule has 2 heteroatoms. The minimum atomic E-state index is 0.0963. The highest BCUT2D eigenvalue weighted by Crippen LogP contribution is 2.44. The second-order valence-corrected chi connectivity index (χ2v) is 17.2. The maximum absolute atomic E-state index is 2.45. The third-order valence-corrected chi connectivity index (χ3v) is 13.8. The Kier molecular flexibility index (Phi) is 11.9. The average Bonchev–Trinajstić information content (AvgIpc) is 3.30. The fourth-order valence-corrected chi connectivity index (χ4v) is 9.45. The molecular formula is C58H60N2. The Bertz CT molecular complexity index is 2650. The fraction of sp³-hybridized carbons (Fsp3) is 0.241. The highest BCUT2D eigenvalue weighted by Gasteiger charge is 2.35. The van der Waals surface area contributed by atoms with Crippen molar-refractivity contribution in [1.82, 2.24) is 0 Å². The SMILES string of the molecule is CCC(CC)c1ccc2ccc(N(c3ccccc3)c3ccc(-c4ccc(N(c5ccc(C(C)(C(C)C)C(C)CC)cc5)c5cccc6ccccc56)cc4)cc3)cc2c1. The molecule has 0 spiro atoms. The zero-order chi connectivity index (χ0) is 41.8. The van der Waals surface area contributed by atoms with E-state index in [1.165, 1.54) is 49.5 Å². The predicted molar refractivity (Wildman–Crippen MR) is 261 cm³/mol. The van der Waals surface area contributed by atoms with E-state index in [1.807, 2.05) is 0 Å². The third-order valence-electron chi connectivity index (χ3n) is 13.8. The number of benzene rings is 8. The molecule has 302 valence electrons. The van der Waals surface area contributed by atoms with Crippen LogP contribution < -0.4 is 9.80 Å². The minimum Gasteiger partial charge on any atom is -0.310 e. The van der Waals surface area contributed by atoms with E-state index in [0.717, 1.165) is 47.7 Å². The van der Waals surface area contributed by atoms with E-state index in [9.17, 15) is 0 Å². The Morgan fingerprint density at radius 3 is 1.58 bits per heavy atom. The number of para-hydroxylation sites is 1. The lowest BCUT2D eigenvalue weighted by Gasteiger charge is -2.40. The second-order valence-electron chi connectivity index (χ2n) is 17.2. The summed E-state index contributed by atoms with van der Waals surface area (Å²) in [6.07, 6.45) is 3.46. The summed E-state index contributed by atoms with van der Waals surface area (Å²) in [5.74, 6) is 1.69. The summed E-state index contributed by atoms with van der Waals surface area (Å²) < 4.78 is 0. The van der Waals surface area contributed by atoms with E-state index in [4.69, 9.17) is 0 Å². The molecule has 0 fully saturated rings. The molecule has 8 rings (SSSR count). The molecule has 0 radical (unpaired) electrons. The molecule has 0 N–H and O–H groups in total. The summed E-state index contributed by atoms with van der Waals surface area (Å²) in [4.78, 5) is 4.79. The van der Waals surface area contributed by atoms with E-state index in [-0.39, 0.29) is 5.41 Å². The van der Waals surface area contributed by atoms with Crippen LogP contribution in [0.2, 0.25) is 0 Å². The van der Waals surface area contributed by atoms with Crippen LogP contribution in [0.25, 0.3) is 32.7 Å². The van der Waals surface area contributed by atoms with Crippen molar-refractivity contribution in [2.24, 2.45) is 11.8 Å². The topological polar surface area (TPSA) is 6.48 Å². The molecule has 8 aromatic rings. The molecule has 0 aliphatic rings. The normalized spacial score (nSPS) is 13.2. The van der Waals surface area contributed by atoms with Gasteiger partial charge in [0, 0.05) is 33.8 Å². The summed E-state index contributed by atoms with van der Waals surface area (Å²) in [5, 5.41) is 5.02. The second kappa shape index (κ2) is 17.6. The van der Waals surface area contributed by atoms with Gasteiger partial charge in [0.15, 0.2) is 0 Å². The molecule has 0 saturated carbocycles. The molecule has 0 heterocycles. The van der Waals surface area contributed by atoms with Crippen LogP contribution in [0.5, 0.6) is 0 Å². The zero-order valence-corrected chi connectivity index (χ0v) is 36.6. The molecule has 0 aliphatic heterocycles. The Morgan fingerprint density at radius 1 is 0.433 bits per heavy atom. The highest BCUT2D eigenvalue weighted by atomic mass is 15.1. The lowest BCUT2D eigenvalue weighted by molar-refractivity contribution is 0.223. The number of fused-ring (bicyclic) bond motifs is 2. The van der Waals surface area contributed by atoms with E-state index < -0.39 is 0 Å². The smallest absolute Gasteiger partial charge is 0.0540 e. The third kappa shape index (κ3) is 7.84. The van der Waals surface area contributed by atoms with E-state index >= 15 is 0 Å². The first-order valence-electron chi connectivity index (χ1n) is 22.2. The van der Waals surface area contributed by atoms with Gasteiger partial charge in [0.1, 0.15) is 0 Å². The van der Waals surface area contributed by atoms with Gasteiger partial charge in [-0.2, -0.15) is 0 Å². The Labute approximate surface area is 359 Å². The van der Waals surface area contributed by atoms with Gasteiger partial charge >= 0.3 is 0 Å². The van der Waals surface area contributed by atoms with Crippen LogP contribution in [-0.2, 0) is 5.41 Å². The van der Waals surface area contributed by atoms with Crippen LogP contribution in [0.1, 0.15) is 84.8 Å². The standard InChI is InChI=1S/C58H60N2/c1-8-42(6)58(7,41(4)5)50-30-37-54(38-31-50)60(57-22-16-18-47-17-14-15-21-56(47)57)53-34-27-45(28-35-53)44-25-32-52(33-26-44)59(51-19-12-11-13-20-51)55-36-29-46-23-24-48(39-49(46)40-55)43(9-2)10-3/h11-43H,8-10H2,1-7H3. The molecular weight excluding hydrogens is 725 g/mol. The number of nitrogens with zero attached hydrogens (tertiary/aromatic N) is 2. The van der Waals surface area contributed by atoms with Crippen molar-refractivity contribution in [2.75, 3.05) is 9.80 Å². The van der Waals surface area contributed by atoms with Gasteiger partial charge in [-0.3, -0.25) is 0 Å². The van der Waals surface area contributed by atoms with Gasteiger partial charge in [-0.05, 0) is 141 Å². The van der Waals surface area contributed by atoms with E-state index in [1.54, 1.807) is 0 Å². The van der Waals surface area contributed by atoms with Gasteiger partial charge in [0.2, 0.25) is 0 Å². The summed E-state index contributed by atoms with van der Waals surface area (Å²) >= 11 is 0. The van der Waals surface area contributed by atoms with E-state index in [0.29, 0.717) is 17.8 Å². The Balaban J connectivity index is 1.14. The van der Waals surface area contributed by atoms with Crippen LogP contribution >= 0.6 is 0 Å². The zero-order valence-electron chi connectivity index (χ0n) is 36.6. The van der Waals surface area contributed by atoms with Gasteiger partial charge < -0.3 is 9.80 Å². The van der Waals surface area contributed by atoms with Crippen molar-refractivity contribution in [3.63, 3.8) is 0 Å². The Hall–Kier alpha value is -6.12. The van der Waals surface area contributed by atoms with Crippen molar-refractivity contribution in [2.45, 2.75) is 79.1 Å². The lowest BCUT2D eigenvalue weighted by atomic mass is 9.64. The number of hydrogen-bond acceptors (Lipinski definition) is 2. The van der Waals surface area contributed by atoms with Crippen molar-refractivity contribution in [1.29, 1.82) is 0 Å².